The molecule has 1 aliphatic heterocycles. The number of benzene rings is 2. The molecule has 1 unspecified atom stereocenters. The molecule has 0 radical (unpaired) electrons. The van der Waals surface area contributed by atoms with Crippen LogP contribution in [0.5, 0.6) is 11.5 Å². The number of likely N-dealkylation sites (N-methyl/N-ethyl adjacent to an activating group) is 1. The molecule has 1 aliphatic rings. The molecule has 0 saturated heterocycles. The number of hydrogen-bond acceptors (Lipinski definition) is 6. The molecule has 0 bridgehead atoms. The average molecular weight is 445 g/mol. The van der Waals surface area contributed by atoms with Crippen molar-refractivity contribution < 1.29 is 28.9 Å². The lowest BCUT2D eigenvalue weighted by molar-refractivity contribution is -0.123. The molecule has 0 saturated carbocycles. The Morgan fingerprint density at radius 1 is 1.09 bits per heavy atom. The van der Waals surface area contributed by atoms with E-state index in [-0.39, 0.29) is 18.3 Å². The zero-order valence-electron chi connectivity index (χ0n) is 18.9. The Kier molecular flexibility index (Phi) is 10.5. The average Bonchev–Trinajstić information content (AvgIpc) is 2.76. The fraction of sp³-hybridized carbons (Fsp3) is 0.417. The van der Waals surface area contributed by atoms with E-state index in [1.807, 2.05) is 57.4 Å². The number of carbonyl (C=O) groups is 2. The van der Waals surface area contributed by atoms with E-state index in [1.165, 1.54) is 0 Å². The minimum atomic E-state index is -0.250. The zero-order valence-corrected chi connectivity index (χ0v) is 18.9. The highest BCUT2D eigenvalue weighted by atomic mass is 16.5. The van der Waals surface area contributed by atoms with Crippen molar-refractivity contribution in [2.45, 2.75) is 19.3 Å². The Morgan fingerprint density at radius 3 is 2.53 bits per heavy atom. The largest absolute Gasteiger partial charge is 0.492 e. The summed E-state index contributed by atoms with van der Waals surface area (Å²) in [6.45, 7) is 4.88. The molecular formula is C24H32N2O6. The number of amides is 1. The van der Waals surface area contributed by atoms with E-state index in [0.717, 1.165) is 34.9 Å². The van der Waals surface area contributed by atoms with Crippen LogP contribution in [0.3, 0.4) is 0 Å². The molecule has 1 heterocycles. The SMILES string of the molecule is CCOCCOc1ccc2c(c1)NC(=O)CC2c1cccc(OCCN(C)C)c1.O=CO. The molecule has 0 fully saturated rings. The van der Waals surface area contributed by atoms with E-state index >= 15 is 0 Å². The van der Waals surface area contributed by atoms with E-state index in [4.69, 9.17) is 24.1 Å². The number of carboxylic acid groups (broad SMARTS) is 1. The van der Waals surface area contributed by atoms with Gasteiger partial charge in [-0.3, -0.25) is 9.59 Å². The van der Waals surface area contributed by atoms with E-state index in [0.29, 0.717) is 32.8 Å². The number of nitrogens with zero attached hydrogens (tertiary/aromatic N) is 1. The first kappa shape index (κ1) is 25.2. The second-order valence-electron chi connectivity index (χ2n) is 7.43. The van der Waals surface area contributed by atoms with Gasteiger partial charge in [-0.05, 0) is 50.3 Å². The lowest BCUT2D eigenvalue weighted by Gasteiger charge is -2.27. The summed E-state index contributed by atoms with van der Waals surface area (Å²) in [5.41, 5.74) is 2.97. The molecule has 8 heteroatoms. The van der Waals surface area contributed by atoms with Crippen molar-refractivity contribution >= 4 is 18.1 Å². The van der Waals surface area contributed by atoms with Gasteiger partial charge in [-0.25, -0.2) is 0 Å². The van der Waals surface area contributed by atoms with Gasteiger partial charge in [0.2, 0.25) is 5.91 Å². The molecule has 2 aromatic rings. The van der Waals surface area contributed by atoms with Gasteiger partial charge in [-0.15, -0.1) is 0 Å². The molecule has 32 heavy (non-hydrogen) atoms. The summed E-state index contributed by atoms with van der Waals surface area (Å²) < 4.78 is 16.9. The predicted molar refractivity (Wildman–Crippen MR) is 123 cm³/mol. The number of carbonyl (C=O) groups excluding carboxylic acids is 1. The topological polar surface area (TPSA) is 97.3 Å². The first-order valence-electron chi connectivity index (χ1n) is 10.6. The highest BCUT2D eigenvalue weighted by Crippen LogP contribution is 2.39. The van der Waals surface area contributed by atoms with Gasteiger partial charge in [-0.2, -0.15) is 0 Å². The maximum Gasteiger partial charge on any atom is 0.290 e. The van der Waals surface area contributed by atoms with Crippen LogP contribution >= 0.6 is 0 Å². The van der Waals surface area contributed by atoms with Crippen LogP contribution in [0.4, 0.5) is 5.69 Å². The number of ether oxygens (including phenoxy) is 3. The molecule has 1 amide bonds. The van der Waals surface area contributed by atoms with E-state index in [2.05, 4.69) is 16.3 Å². The lowest BCUT2D eigenvalue weighted by atomic mass is 9.84. The van der Waals surface area contributed by atoms with Crippen molar-refractivity contribution in [1.82, 2.24) is 4.90 Å². The van der Waals surface area contributed by atoms with Gasteiger partial charge in [0.25, 0.3) is 6.47 Å². The van der Waals surface area contributed by atoms with Gasteiger partial charge in [0.05, 0.1) is 6.61 Å². The first-order valence-corrected chi connectivity index (χ1v) is 10.6. The summed E-state index contributed by atoms with van der Waals surface area (Å²) in [5, 5.41) is 9.86. The van der Waals surface area contributed by atoms with Crippen LogP contribution in [0, 0.1) is 0 Å². The molecule has 0 spiro atoms. The van der Waals surface area contributed by atoms with Crippen LogP contribution in [-0.2, 0) is 14.3 Å². The fourth-order valence-electron chi connectivity index (χ4n) is 3.36. The van der Waals surface area contributed by atoms with Crippen LogP contribution in [-0.4, -0.2) is 69.5 Å². The summed E-state index contributed by atoms with van der Waals surface area (Å²) in [5.74, 6) is 1.56. The summed E-state index contributed by atoms with van der Waals surface area (Å²) >= 11 is 0. The Morgan fingerprint density at radius 2 is 1.81 bits per heavy atom. The van der Waals surface area contributed by atoms with Crippen molar-refractivity contribution in [1.29, 1.82) is 0 Å². The number of fused-ring (bicyclic) bond motifs is 1. The third-order valence-electron chi connectivity index (χ3n) is 4.83. The van der Waals surface area contributed by atoms with E-state index < -0.39 is 0 Å². The van der Waals surface area contributed by atoms with Gasteiger partial charge < -0.3 is 29.5 Å². The quantitative estimate of drug-likeness (QED) is 0.429. The first-order chi connectivity index (χ1) is 15.5. The molecule has 1 atom stereocenters. The summed E-state index contributed by atoms with van der Waals surface area (Å²) in [4.78, 5) is 22.8. The van der Waals surface area contributed by atoms with Crippen LogP contribution < -0.4 is 14.8 Å². The minimum absolute atomic E-state index is 0.00590. The molecule has 2 aromatic carbocycles. The van der Waals surface area contributed by atoms with Crippen molar-refractivity contribution in [3.8, 4) is 11.5 Å². The summed E-state index contributed by atoms with van der Waals surface area (Å²) in [6, 6.07) is 13.9. The summed E-state index contributed by atoms with van der Waals surface area (Å²) in [7, 11) is 4.04. The molecule has 2 N–H and O–H groups in total. The van der Waals surface area contributed by atoms with Crippen molar-refractivity contribution in [3.05, 3.63) is 53.6 Å². The van der Waals surface area contributed by atoms with Gasteiger partial charge in [0.1, 0.15) is 24.7 Å². The Balaban J connectivity index is 0.00000114. The Bertz CT molecular complexity index is 871. The molecule has 3 rings (SSSR count). The van der Waals surface area contributed by atoms with Crippen LogP contribution in [0.2, 0.25) is 0 Å². The Hall–Kier alpha value is -3.10. The zero-order chi connectivity index (χ0) is 23.3. The number of anilines is 1. The standard InChI is InChI=1S/C23H30N2O4.CH2O2/c1-4-27-12-13-29-19-8-9-20-21(16-23(26)24-22(20)15-19)17-6-5-7-18(14-17)28-11-10-25(2)3;2-1-3/h5-9,14-15,21H,4,10-13,16H2,1-3H3,(H,24,26);1H,(H,2,3). The fourth-order valence-corrected chi connectivity index (χ4v) is 3.36. The van der Waals surface area contributed by atoms with Gasteiger partial charge in [-0.1, -0.05) is 18.2 Å². The Labute approximate surface area is 189 Å². The number of hydrogen-bond donors (Lipinski definition) is 2. The van der Waals surface area contributed by atoms with Crippen molar-refractivity contribution in [3.63, 3.8) is 0 Å². The van der Waals surface area contributed by atoms with E-state index in [1.54, 1.807) is 0 Å². The smallest absolute Gasteiger partial charge is 0.290 e. The maximum atomic E-state index is 12.3. The van der Waals surface area contributed by atoms with Crippen molar-refractivity contribution in [2.75, 3.05) is 52.4 Å². The van der Waals surface area contributed by atoms with Crippen LogP contribution in [0.25, 0.3) is 0 Å². The molecule has 0 aromatic heterocycles. The minimum Gasteiger partial charge on any atom is -0.492 e. The third kappa shape index (κ3) is 7.86. The summed E-state index contributed by atoms with van der Waals surface area (Å²) in [6.07, 6.45) is 0.415. The monoisotopic (exact) mass is 444 g/mol. The van der Waals surface area contributed by atoms with Crippen LogP contribution in [0.1, 0.15) is 30.4 Å². The van der Waals surface area contributed by atoms with Gasteiger partial charge in [0.15, 0.2) is 0 Å². The van der Waals surface area contributed by atoms with E-state index in [9.17, 15) is 4.79 Å². The predicted octanol–water partition coefficient (Wildman–Crippen LogP) is 3.22. The molecule has 0 aliphatic carbocycles. The molecule has 8 nitrogen and oxygen atoms in total. The molecular weight excluding hydrogens is 412 g/mol. The normalized spacial score (nSPS) is 14.6. The number of nitrogens with one attached hydrogen (secondary N) is 1. The maximum absolute atomic E-state index is 12.3. The number of rotatable bonds is 10. The third-order valence-corrected chi connectivity index (χ3v) is 4.83. The van der Waals surface area contributed by atoms with Crippen LogP contribution in [0.15, 0.2) is 42.5 Å². The second kappa shape index (κ2) is 13.3. The van der Waals surface area contributed by atoms with Gasteiger partial charge in [0, 0.05) is 37.2 Å². The highest BCUT2D eigenvalue weighted by molar-refractivity contribution is 5.95. The lowest BCUT2D eigenvalue weighted by Crippen LogP contribution is -2.23. The van der Waals surface area contributed by atoms with Crippen molar-refractivity contribution in [2.24, 2.45) is 0 Å². The second-order valence-corrected chi connectivity index (χ2v) is 7.43. The molecule has 174 valence electrons. The highest BCUT2D eigenvalue weighted by Gasteiger charge is 2.27. The van der Waals surface area contributed by atoms with Gasteiger partial charge >= 0.3 is 0 Å².